The summed E-state index contributed by atoms with van der Waals surface area (Å²) in [4.78, 5) is 7.23. The number of nitrogens with zero attached hydrogens (tertiary/aromatic N) is 1. The highest BCUT2D eigenvalue weighted by molar-refractivity contribution is 5.92. The molecule has 2 aromatic rings. The van der Waals surface area contributed by atoms with Crippen LogP contribution in [-0.4, -0.2) is 10.8 Å². The molecule has 0 bridgehead atoms. The number of allylic oxidation sites excluding steroid dienone is 1. The number of H-pyrrole nitrogens is 1. The molecule has 2 heterocycles. The first-order valence-electron chi connectivity index (χ1n) is 6.38. The molecule has 3 rings (SSSR count). The molecule has 0 radical (unpaired) electrons. The lowest BCUT2D eigenvalue weighted by Crippen LogP contribution is -2.29. The average Bonchev–Trinajstić information content (AvgIpc) is 2.91. The second-order valence-electron chi connectivity index (χ2n) is 4.47. The third kappa shape index (κ3) is 3.06. The van der Waals surface area contributed by atoms with E-state index in [0.29, 0.717) is 23.2 Å². The predicted molar refractivity (Wildman–Crippen MR) is 83.2 cm³/mol. The van der Waals surface area contributed by atoms with Gasteiger partial charge in [-0.25, -0.2) is 4.99 Å². The fourth-order valence-corrected chi connectivity index (χ4v) is 1.93. The Balaban J connectivity index is 1.86. The number of aliphatic imine (C=N–C) groups is 1. The fourth-order valence-electron chi connectivity index (χ4n) is 1.93. The normalized spacial score (nSPS) is 21.6. The van der Waals surface area contributed by atoms with Gasteiger partial charge in [0.05, 0.1) is 5.70 Å². The van der Waals surface area contributed by atoms with Crippen molar-refractivity contribution in [2.45, 2.75) is 0 Å². The second-order valence-corrected chi connectivity index (χ2v) is 4.47. The molecule has 5 N–H and O–H groups in total. The second kappa shape index (κ2) is 5.46. The molecule has 0 amide bonds. The van der Waals surface area contributed by atoms with E-state index in [-0.39, 0.29) is 0 Å². The summed E-state index contributed by atoms with van der Waals surface area (Å²) in [5.74, 6) is 1.43. The minimum atomic E-state index is 0.304. The number of nitrogens with two attached hydrogens (primary N) is 1. The van der Waals surface area contributed by atoms with E-state index in [1.807, 2.05) is 30.5 Å². The van der Waals surface area contributed by atoms with Crippen LogP contribution in [0.15, 0.2) is 72.0 Å². The number of rotatable bonds is 2. The van der Waals surface area contributed by atoms with Gasteiger partial charge < -0.3 is 20.9 Å². The zero-order valence-electron chi connectivity index (χ0n) is 11.3. The van der Waals surface area contributed by atoms with Gasteiger partial charge in [-0.1, -0.05) is 6.58 Å². The molecule has 6 nitrogen and oxygen atoms in total. The van der Waals surface area contributed by atoms with Crippen molar-refractivity contribution in [3.63, 3.8) is 0 Å². The third-order valence-electron chi connectivity index (χ3n) is 2.86. The molecule has 1 aliphatic heterocycles. The Bertz CT molecular complexity index is 769. The van der Waals surface area contributed by atoms with Gasteiger partial charge in [-0.3, -0.25) is 5.43 Å². The van der Waals surface area contributed by atoms with E-state index in [9.17, 15) is 0 Å². The summed E-state index contributed by atoms with van der Waals surface area (Å²) >= 11 is 0. The number of amidine groups is 1. The summed E-state index contributed by atoms with van der Waals surface area (Å²) in [6, 6.07) is 7.74. The van der Waals surface area contributed by atoms with Gasteiger partial charge in [0.2, 0.25) is 5.88 Å². The Kier molecular flexibility index (Phi) is 3.34. The van der Waals surface area contributed by atoms with Crippen LogP contribution in [0.3, 0.4) is 0 Å². The molecule has 0 spiro atoms. The fraction of sp³-hybridized carbons (Fsp3) is 0. The highest BCUT2D eigenvalue weighted by Gasteiger charge is 2.04. The predicted octanol–water partition coefficient (Wildman–Crippen LogP) is 1.88. The highest BCUT2D eigenvalue weighted by atomic mass is 16.5. The summed E-state index contributed by atoms with van der Waals surface area (Å²) in [6.45, 7) is 3.75. The van der Waals surface area contributed by atoms with Crippen LogP contribution in [0.2, 0.25) is 0 Å². The van der Waals surface area contributed by atoms with Crippen LogP contribution >= 0.6 is 0 Å². The number of aromatic nitrogens is 1. The molecule has 106 valence electrons. The Labute approximate surface area is 121 Å². The van der Waals surface area contributed by atoms with Crippen LogP contribution in [0.25, 0.3) is 10.9 Å². The van der Waals surface area contributed by atoms with E-state index in [1.165, 1.54) is 0 Å². The number of benzene rings is 1. The maximum absolute atomic E-state index is 5.81. The third-order valence-corrected chi connectivity index (χ3v) is 2.86. The van der Waals surface area contributed by atoms with Crippen LogP contribution in [0.1, 0.15) is 0 Å². The standard InChI is InChI=1S/C15H15N5O/c1-10-4-7-18-20-15(9-14(16)19-10)21-12-2-3-13-11(8-12)5-6-17-13/h2-9,17-18,20H,1H2,(H2,16,19)/b7-4-,15-9+. The van der Waals surface area contributed by atoms with Crippen LogP contribution in [-0.2, 0) is 0 Å². The van der Waals surface area contributed by atoms with E-state index >= 15 is 0 Å². The van der Waals surface area contributed by atoms with Crippen molar-refractivity contribution in [2.24, 2.45) is 10.7 Å². The lowest BCUT2D eigenvalue weighted by molar-refractivity contribution is 0.369. The van der Waals surface area contributed by atoms with Crippen molar-refractivity contribution in [1.29, 1.82) is 0 Å². The molecule has 1 aromatic heterocycles. The van der Waals surface area contributed by atoms with E-state index in [2.05, 4.69) is 27.4 Å². The number of nitrogens with one attached hydrogen (secondary N) is 3. The molecule has 1 aliphatic rings. The maximum atomic E-state index is 5.81. The lowest BCUT2D eigenvalue weighted by Gasteiger charge is -2.12. The first kappa shape index (κ1) is 12.9. The zero-order chi connectivity index (χ0) is 14.7. The molecule has 1 aromatic carbocycles. The number of ether oxygens (including phenoxy) is 1. The largest absolute Gasteiger partial charge is 0.439 e. The van der Waals surface area contributed by atoms with Crippen LogP contribution < -0.4 is 21.3 Å². The van der Waals surface area contributed by atoms with Gasteiger partial charge >= 0.3 is 0 Å². The Morgan fingerprint density at radius 3 is 3.05 bits per heavy atom. The zero-order valence-corrected chi connectivity index (χ0v) is 11.3. The molecule has 0 unspecified atom stereocenters. The summed E-state index contributed by atoms with van der Waals surface area (Å²) in [5, 5.41) is 1.07. The number of aromatic amines is 1. The minimum absolute atomic E-state index is 0.304. The summed E-state index contributed by atoms with van der Waals surface area (Å²) in [7, 11) is 0. The maximum Gasteiger partial charge on any atom is 0.215 e. The van der Waals surface area contributed by atoms with Crippen molar-refractivity contribution in [1.82, 2.24) is 15.8 Å². The van der Waals surface area contributed by atoms with Gasteiger partial charge in [0.1, 0.15) is 11.6 Å². The summed E-state index contributed by atoms with van der Waals surface area (Å²) in [6.07, 6.45) is 6.83. The molecule has 21 heavy (non-hydrogen) atoms. The lowest BCUT2D eigenvalue weighted by atomic mass is 10.2. The minimum Gasteiger partial charge on any atom is -0.439 e. The summed E-state index contributed by atoms with van der Waals surface area (Å²) < 4.78 is 5.78. The molecule has 0 aliphatic carbocycles. The first-order chi connectivity index (χ1) is 10.2. The smallest absolute Gasteiger partial charge is 0.215 e. The van der Waals surface area contributed by atoms with E-state index < -0.39 is 0 Å². The average molecular weight is 281 g/mol. The van der Waals surface area contributed by atoms with Crippen molar-refractivity contribution in [3.8, 4) is 5.75 Å². The van der Waals surface area contributed by atoms with E-state index in [4.69, 9.17) is 10.5 Å². The van der Waals surface area contributed by atoms with Gasteiger partial charge in [-0.05, 0) is 30.3 Å². The number of hydrazine groups is 1. The first-order valence-corrected chi connectivity index (χ1v) is 6.38. The molecule has 6 heteroatoms. The van der Waals surface area contributed by atoms with Gasteiger partial charge in [-0.15, -0.1) is 0 Å². The topological polar surface area (TPSA) is 87.5 Å². The van der Waals surface area contributed by atoms with Crippen LogP contribution in [0, 0.1) is 0 Å². The Morgan fingerprint density at radius 2 is 2.14 bits per heavy atom. The monoisotopic (exact) mass is 281 g/mol. The summed E-state index contributed by atoms with van der Waals surface area (Å²) in [5.41, 5.74) is 13.2. The van der Waals surface area contributed by atoms with Crippen LogP contribution in [0.4, 0.5) is 0 Å². The van der Waals surface area contributed by atoms with Gasteiger partial charge in [0.15, 0.2) is 0 Å². The Hall–Kier alpha value is -3.15. The van der Waals surface area contributed by atoms with Crippen molar-refractivity contribution < 1.29 is 4.74 Å². The van der Waals surface area contributed by atoms with Gasteiger partial charge in [0.25, 0.3) is 0 Å². The van der Waals surface area contributed by atoms with Crippen molar-refractivity contribution >= 4 is 16.7 Å². The van der Waals surface area contributed by atoms with Gasteiger partial charge in [0, 0.05) is 29.4 Å². The molecule has 0 saturated carbocycles. The Morgan fingerprint density at radius 1 is 1.24 bits per heavy atom. The van der Waals surface area contributed by atoms with Crippen molar-refractivity contribution in [3.05, 3.63) is 67.0 Å². The highest BCUT2D eigenvalue weighted by Crippen LogP contribution is 2.20. The molecule has 0 atom stereocenters. The van der Waals surface area contributed by atoms with Crippen molar-refractivity contribution in [2.75, 3.05) is 0 Å². The number of fused-ring (bicyclic) bond motifs is 1. The van der Waals surface area contributed by atoms with E-state index in [0.717, 1.165) is 10.9 Å². The molecular weight excluding hydrogens is 266 g/mol. The molecular formula is C15H15N5O. The van der Waals surface area contributed by atoms with Crippen LogP contribution in [0.5, 0.6) is 5.75 Å². The quantitative estimate of drug-likeness (QED) is 0.677. The van der Waals surface area contributed by atoms with E-state index in [1.54, 1.807) is 18.4 Å². The number of hydrogen-bond acceptors (Lipinski definition) is 5. The molecule has 0 fully saturated rings. The molecule has 0 saturated heterocycles. The number of hydrogen-bond donors (Lipinski definition) is 4. The SMILES string of the molecule is C=C1/C=C\NN/C(Oc2ccc3[nH]ccc3c2)=C\C(N)=N/1. The van der Waals surface area contributed by atoms with Gasteiger partial charge in [-0.2, -0.15) is 0 Å².